The lowest BCUT2D eigenvalue weighted by Gasteiger charge is -2.10. The van der Waals surface area contributed by atoms with Gasteiger partial charge in [0.2, 0.25) is 10.0 Å². The van der Waals surface area contributed by atoms with Crippen molar-refractivity contribution in [1.82, 2.24) is 4.72 Å². The first-order valence-electron chi connectivity index (χ1n) is 6.58. The zero-order chi connectivity index (χ0) is 15.9. The highest BCUT2D eigenvalue weighted by atomic mass is 32.2. The summed E-state index contributed by atoms with van der Waals surface area (Å²) in [6.07, 6.45) is 1.94. The Labute approximate surface area is 124 Å². The number of unbranched alkanes of at least 4 members (excludes halogenated alkanes) is 1. The predicted molar refractivity (Wildman–Crippen MR) is 78.7 cm³/mol. The summed E-state index contributed by atoms with van der Waals surface area (Å²) in [4.78, 5) is 10.6. The Morgan fingerprint density at radius 3 is 2.67 bits per heavy atom. The Morgan fingerprint density at radius 1 is 1.38 bits per heavy atom. The van der Waals surface area contributed by atoms with E-state index in [1.54, 1.807) is 0 Å². The summed E-state index contributed by atoms with van der Waals surface area (Å²) in [5.41, 5.74) is 5.44. The van der Waals surface area contributed by atoms with Crippen LogP contribution in [0.1, 0.15) is 30.1 Å². The number of rotatable bonds is 9. The number of ether oxygens (including phenoxy) is 1. The van der Waals surface area contributed by atoms with Crippen LogP contribution in [0.5, 0.6) is 0 Å². The minimum Gasteiger partial charge on any atom is -0.478 e. The van der Waals surface area contributed by atoms with Gasteiger partial charge >= 0.3 is 5.97 Å². The molecule has 0 heterocycles. The smallest absolute Gasteiger partial charge is 0.335 e. The number of anilines is 1. The van der Waals surface area contributed by atoms with Gasteiger partial charge < -0.3 is 15.6 Å². The maximum atomic E-state index is 12.0. The largest absolute Gasteiger partial charge is 0.478 e. The third-order valence-corrected chi connectivity index (χ3v) is 4.26. The molecule has 8 heteroatoms. The molecular formula is C13H20N2O5S. The molecule has 0 saturated heterocycles. The second-order valence-corrected chi connectivity index (χ2v) is 6.16. The van der Waals surface area contributed by atoms with Crippen molar-refractivity contribution in [2.24, 2.45) is 0 Å². The minimum absolute atomic E-state index is 0.0608. The van der Waals surface area contributed by atoms with Crippen LogP contribution in [0, 0.1) is 0 Å². The van der Waals surface area contributed by atoms with Crippen molar-refractivity contribution in [2.75, 3.05) is 25.5 Å². The number of hydrogen-bond donors (Lipinski definition) is 3. The topological polar surface area (TPSA) is 119 Å². The number of carboxylic acids is 1. The molecule has 0 aliphatic rings. The van der Waals surface area contributed by atoms with Crippen LogP contribution in [-0.2, 0) is 14.8 Å². The predicted octanol–water partition coefficient (Wildman–Crippen LogP) is 1.06. The number of aromatic carboxylic acids is 1. The molecule has 0 unspecified atom stereocenters. The molecule has 0 radical (unpaired) electrons. The Hall–Kier alpha value is -1.64. The van der Waals surface area contributed by atoms with Crippen molar-refractivity contribution in [2.45, 2.75) is 24.7 Å². The molecule has 21 heavy (non-hydrogen) atoms. The number of sulfonamides is 1. The molecular weight excluding hydrogens is 296 g/mol. The second-order valence-electron chi connectivity index (χ2n) is 4.42. The van der Waals surface area contributed by atoms with E-state index in [1.807, 2.05) is 6.92 Å². The Kier molecular flexibility index (Phi) is 6.60. The zero-order valence-electron chi connectivity index (χ0n) is 11.8. The summed E-state index contributed by atoms with van der Waals surface area (Å²) in [6.45, 7) is 3.03. The average molecular weight is 316 g/mol. The van der Waals surface area contributed by atoms with Crippen molar-refractivity contribution >= 4 is 21.7 Å². The first-order chi connectivity index (χ1) is 9.88. The summed E-state index contributed by atoms with van der Waals surface area (Å²) in [6, 6.07) is 3.50. The first-order valence-corrected chi connectivity index (χ1v) is 8.07. The molecule has 0 aliphatic carbocycles. The van der Waals surface area contributed by atoms with E-state index < -0.39 is 16.0 Å². The second kappa shape index (κ2) is 7.96. The highest BCUT2D eigenvalue weighted by Gasteiger charge is 2.18. The number of hydrogen-bond acceptors (Lipinski definition) is 5. The van der Waals surface area contributed by atoms with Gasteiger partial charge in [0.05, 0.1) is 17.9 Å². The summed E-state index contributed by atoms with van der Waals surface area (Å²) in [7, 11) is -3.77. The third kappa shape index (κ3) is 5.33. The van der Waals surface area contributed by atoms with Gasteiger partial charge in [-0.2, -0.15) is 0 Å². The SMILES string of the molecule is CCCCOCCNS(=O)(=O)c1ccc(C(=O)O)cc1N. The lowest BCUT2D eigenvalue weighted by atomic mass is 10.2. The molecule has 0 fully saturated rings. The monoisotopic (exact) mass is 316 g/mol. The van der Waals surface area contributed by atoms with Gasteiger partial charge in [0, 0.05) is 13.2 Å². The van der Waals surface area contributed by atoms with Gasteiger partial charge in [-0.15, -0.1) is 0 Å². The van der Waals surface area contributed by atoms with E-state index in [2.05, 4.69) is 4.72 Å². The van der Waals surface area contributed by atoms with E-state index in [0.717, 1.165) is 18.9 Å². The van der Waals surface area contributed by atoms with Gasteiger partial charge in [-0.25, -0.2) is 17.9 Å². The van der Waals surface area contributed by atoms with Crippen molar-refractivity contribution in [3.05, 3.63) is 23.8 Å². The van der Waals surface area contributed by atoms with E-state index in [0.29, 0.717) is 6.61 Å². The van der Waals surface area contributed by atoms with Crippen molar-refractivity contribution in [3.63, 3.8) is 0 Å². The molecule has 0 aliphatic heterocycles. The van der Waals surface area contributed by atoms with E-state index in [9.17, 15) is 13.2 Å². The molecule has 0 atom stereocenters. The summed E-state index contributed by atoms with van der Waals surface area (Å²) >= 11 is 0. The molecule has 0 aromatic heterocycles. The molecule has 4 N–H and O–H groups in total. The van der Waals surface area contributed by atoms with Crippen LogP contribution in [0.25, 0.3) is 0 Å². The summed E-state index contributed by atoms with van der Waals surface area (Å²) in [5.74, 6) is -1.16. The van der Waals surface area contributed by atoms with Gasteiger partial charge in [-0.05, 0) is 24.6 Å². The molecule has 1 rings (SSSR count). The van der Waals surface area contributed by atoms with E-state index in [-0.39, 0.29) is 29.3 Å². The summed E-state index contributed by atoms with van der Waals surface area (Å²) < 4.78 is 31.7. The Morgan fingerprint density at radius 2 is 2.10 bits per heavy atom. The fourth-order valence-electron chi connectivity index (χ4n) is 1.60. The van der Waals surface area contributed by atoms with Gasteiger partial charge in [0.15, 0.2) is 0 Å². The van der Waals surface area contributed by atoms with Crippen LogP contribution in [0.4, 0.5) is 5.69 Å². The minimum atomic E-state index is -3.77. The molecule has 7 nitrogen and oxygen atoms in total. The highest BCUT2D eigenvalue weighted by molar-refractivity contribution is 7.89. The fourth-order valence-corrected chi connectivity index (χ4v) is 2.72. The highest BCUT2D eigenvalue weighted by Crippen LogP contribution is 2.19. The quantitative estimate of drug-likeness (QED) is 0.463. The van der Waals surface area contributed by atoms with Crippen LogP contribution in [-0.4, -0.2) is 39.3 Å². The zero-order valence-corrected chi connectivity index (χ0v) is 12.6. The molecule has 0 amide bonds. The van der Waals surface area contributed by atoms with Crippen LogP contribution < -0.4 is 10.5 Å². The Bertz CT molecular complexity index is 586. The van der Waals surface area contributed by atoms with Crippen LogP contribution in [0.2, 0.25) is 0 Å². The fraction of sp³-hybridized carbons (Fsp3) is 0.462. The molecule has 1 aromatic rings. The lowest BCUT2D eigenvalue weighted by molar-refractivity contribution is 0.0697. The van der Waals surface area contributed by atoms with E-state index in [4.69, 9.17) is 15.6 Å². The third-order valence-electron chi connectivity index (χ3n) is 2.73. The lowest BCUT2D eigenvalue weighted by Crippen LogP contribution is -2.28. The van der Waals surface area contributed by atoms with Crippen molar-refractivity contribution in [1.29, 1.82) is 0 Å². The number of benzene rings is 1. The number of nitrogens with two attached hydrogens (primary N) is 1. The van der Waals surface area contributed by atoms with Crippen LogP contribution >= 0.6 is 0 Å². The number of nitrogens with one attached hydrogen (secondary N) is 1. The van der Waals surface area contributed by atoms with Crippen LogP contribution in [0.3, 0.4) is 0 Å². The first kappa shape index (κ1) is 17.4. The number of carboxylic acid groups (broad SMARTS) is 1. The normalized spacial score (nSPS) is 11.5. The van der Waals surface area contributed by atoms with Crippen molar-refractivity contribution in [3.8, 4) is 0 Å². The van der Waals surface area contributed by atoms with E-state index in [1.165, 1.54) is 12.1 Å². The van der Waals surface area contributed by atoms with E-state index >= 15 is 0 Å². The molecule has 0 bridgehead atoms. The molecule has 0 spiro atoms. The average Bonchev–Trinajstić information content (AvgIpc) is 2.42. The maximum absolute atomic E-state index is 12.0. The van der Waals surface area contributed by atoms with Crippen molar-refractivity contribution < 1.29 is 23.1 Å². The molecule has 1 aromatic carbocycles. The molecule has 0 saturated carbocycles. The van der Waals surface area contributed by atoms with Crippen LogP contribution in [0.15, 0.2) is 23.1 Å². The standard InChI is InChI=1S/C13H20N2O5S/c1-2-3-7-20-8-6-15-21(18,19)12-5-4-10(13(16)17)9-11(12)14/h4-5,9,15H,2-3,6-8,14H2,1H3,(H,16,17). The maximum Gasteiger partial charge on any atom is 0.335 e. The molecule has 118 valence electrons. The number of carbonyl (C=O) groups is 1. The Balaban J connectivity index is 2.64. The van der Waals surface area contributed by atoms with Gasteiger partial charge in [0.1, 0.15) is 4.90 Å². The summed E-state index contributed by atoms with van der Waals surface area (Å²) in [5, 5.41) is 8.81. The van der Waals surface area contributed by atoms with Gasteiger partial charge in [-0.1, -0.05) is 13.3 Å². The van der Waals surface area contributed by atoms with Gasteiger partial charge in [0.25, 0.3) is 0 Å². The van der Waals surface area contributed by atoms with Gasteiger partial charge in [-0.3, -0.25) is 0 Å². The number of nitrogen functional groups attached to an aromatic ring is 1.